The van der Waals surface area contributed by atoms with E-state index in [1.807, 2.05) is 6.07 Å². The molecule has 0 spiro atoms. The van der Waals surface area contributed by atoms with Gasteiger partial charge in [-0.3, -0.25) is 4.98 Å². The van der Waals surface area contributed by atoms with Crippen LogP contribution in [0.25, 0.3) is 0 Å². The third-order valence-electron chi connectivity index (χ3n) is 2.48. The molecule has 1 aromatic carbocycles. The molecule has 0 fully saturated rings. The summed E-state index contributed by atoms with van der Waals surface area (Å²) in [6.45, 7) is 0.232. The van der Waals surface area contributed by atoms with Crippen LogP contribution in [0.15, 0.2) is 30.6 Å². The van der Waals surface area contributed by atoms with Gasteiger partial charge in [-0.1, -0.05) is 0 Å². The molecule has 7 nitrogen and oxygen atoms in total. The lowest BCUT2D eigenvalue weighted by Crippen LogP contribution is -2.09. The van der Waals surface area contributed by atoms with Gasteiger partial charge in [-0.25, -0.2) is 10.8 Å². The minimum atomic E-state index is 0.232. The Hall–Kier alpha value is -2.85. The molecule has 0 aliphatic carbocycles. The number of hydrogen-bond donors (Lipinski definition) is 2. The van der Waals surface area contributed by atoms with Crippen molar-refractivity contribution in [1.82, 2.24) is 9.97 Å². The van der Waals surface area contributed by atoms with Crippen LogP contribution in [0.5, 0.6) is 11.5 Å². The number of methoxy groups -OCH3 is 1. The van der Waals surface area contributed by atoms with Gasteiger partial charge in [0.15, 0.2) is 5.82 Å². The molecule has 1 aromatic heterocycles. The Balaban J connectivity index is 2.08. The molecule has 102 valence electrons. The van der Waals surface area contributed by atoms with Gasteiger partial charge in [0.1, 0.15) is 18.1 Å². The van der Waals surface area contributed by atoms with Gasteiger partial charge in [0.05, 0.1) is 36.8 Å². The minimum Gasteiger partial charge on any atom is -0.497 e. The van der Waals surface area contributed by atoms with Crippen LogP contribution in [0.1, 0.15) is 11.3 Å². The predicted octanol–water partition coefficient (Wildman–Crippen LogP) is 1.22. The highest BCUT2D eigenvalue weighted by Gasteiger charge is 2.03. The van der Waals surface area contributed by atoms with Gasteiger partial charge in [0, 0.05) is 6.07 Å². The van der Waals surface area contributed by atoms with E-state index >= 15 is 0 Å². The highest BCUT2D eigenvalue weighted by Crippen LogP contribution is 2.22. The number of nitrogens with one attached hydrogen (secondary N) is 1. The Bertz CT molecular complexity index is 622. The van der Waals surface area contributed by atoms with Crippen molar-refractivity contribution in [3.8, 4) is 17.6 Å². The number of anilines is 1. The van der Waals surface area contributed by atoms with Gasteiger partial charge >= 0.3 is 0 Å². The topological polar surface area (TPSA) is 106 Å². The Morgan fingerprint density at radius 2 is 2.05 bits per heavy atom. The van der Waals surface area contributed by atoms with Gasteiger partial charge < -0.3 is 14.9 Å². The van der Waals surface area contributed by atoms with Crippen molar-refractivity contribution in [3.63, 3.8) is 0 Å². The zero-order valence-electron chi connectivity index (χ0n) is 10.8. The van der Waals surface area contributed by atoms with Crippen LogP contribution < -0.4 is 20.7 Å². The highest BCUT2D eigenvalue weighted by molar-refractivity contribution is 5.43. The average molecular weight is 271 g/mol. The first kappa shape index (κ1) is 13.6. The maximum atomic E-state index is 8.92. The summed E-state index contributed by atoms with van der Waals surface area (Å²) in [4.78, 5) is 8.14. The molecule has 0 amide bonds. The molecule has 1 heterocycles. The van der Waals surface area contributed by atoms with Crippen molar-refractivity contribution in [2.75, 3.05) is 12.5 Å². The van der Waals surface area contributed by atoms with Crippen LogP contribution >= 0.6 is 0 Å². The number of ether oxygens (including phenoxy) is 2. The fourth-order valence-corrected chi connectivity index (χ4v) is 1.50. The van der Waals surface area contributed by atoms with E-state index in [0.29, 0.717) is 28.6 Å². The highest BCUT2D eigenvalue weighted by atomic mass is 16.5. The third-order valence-corrected chi connectivity index (χ3v) is 2.48. The van der Waals surface area contributed by atoms with Crippen molar-refractivity contribution in [3.05, 3.63) is 41.9 Å². The van der Waals surface area contributed by atoms with Crippen molar-refractivity contribution in [2.45, 2.75) is 6.61 Å². The van der Waals surface area contributed by atoms with E-state index in [1.54, 1.807) is 24.4 Å². The van der Waals surface area contributed by atoms with Gasteiger partial charge in [0.2, 0.25) is 0 Å². The summed E-state index contributed by atoms with van der Waals surface area (Å²) in [5.74, 6) is 6.77. The monoisotopic (exact) mass is 271 g/mol. The number of hydrogen-bond acceptors (Lipinski definition) is 7. The predicted molar refractivity (Wildman–Crippen MR) is 71.9 cm³/mol. The summed E-state index contributed by atoms with van der Waals surface area (Å²) < 4.78 is 10.7. The number of nitrogens with zero attached hydrogens (tertiary/aromatic N) is 3. The van der Waals surface area contributed by atoms with Gasteiger partial charge in [-0.05, 0) is 12.1 Å². The Kier molecular flexibility index (Phi) is 4.32. The molecule has 20 heavy (non-hydrogen) atoms. The maximum Gasteiger partial charge on any atom is 0.158 e. The molecule has 0 bridgehead atoms. The van der Waals surface area contributed by atoms with Crippen LogP contribution in [-0.4, -0.2) is 17.1 Å². The smallest absolute Gasteiger partial charge is 0.158 e. The maximum absolute atomic E-state index is 8.92. The number of aromatic nitrogens is 2. The molecule has 0 aliphatic heterocycles. The van der Waals surface area contributed by atoms with Crippen LogP contribution in [0.3, 0.4) is 0 Å². The molecule has 0 saturated carbocycles. The summed E-state index contributed by atoms with van der Waals surface area (Å²) in [7, 11) is 1.53. The minimum absolute atomic E-state index is 0.232. The Labute approximate surface area is 116 Å². The summed E-state index contributed by atoms with van der Waals surface area (Å²) in [6, 6.07) is 7.01. The van der Waals surface area contributed by atoms with Crippen LogP contribution in [0, 0.1) is 11.3 Å². The molecule has 0 radical (unpaired) electrons. The standard InChI is InChI=1S/C13H13N5O2/c1-19-11-2-9(5-14)3-12(4-11)20-8-10-6-17-13(18-15)7-16-10/h2-4,6-7H,8,15H2,1H3,(H,17,18). The molecule has 0 saturated heterocycles. The van der Waals surface area contributed by atoms with Crippen molar-refractivity contribution < 1.29 is 9.47 Å². The summed E-state index contributed by atoms with van der Waals surface area (Å²) >= 11 is 0. The van der Waals surface area contributed by atoms with E-state index in [9.17, 15) is 0 Å². The summed E-state index contributed by atoms with van der Waals surface area (Å²) in [6.07, 6.45) is 3.06. The zero-order chi connectivity index (χ0) is 14.4. The SMILES string of the molecule is COc1cc(C#N)cc(OCc2cnc(NN)cn2)c1. The summed E-state index contributed by atoms with van der Waals surface area (Å²) in [5.41, 5.74) is 3.50. The number of rotatable bonds is 5. The lowest BCUT2D eigenvalue weighted by molar-refractivity contribution is 0.298. The number of benzene rings is 1. The fraction of sp³-hybridized carbons (Fsp3) is 0.154. The molecule has 2 rings (SSSR count). The first-order chi connectivity index (χ1) is 9.75. The molecular formula is C13H13N5O2. The molecule has 3 N–H and O–H groups in total. The average Bonchev–Trinajstić information content (AvgIpc) is 2.53. The third kappa shape index (κ3) is 3.34. The number of nitrogen functional groups attached to an aromatic ring is 1. The van der Waals surface area contributed by atoms with E-state index < -0.39 is 0 Å². The van der Waals surface area contributed by atoms with Crippen molar-refractivity contribution in [1.29, 1.82) is 5.26 Å². The first-order valence-corrected chi connectivity index (χ1v) is 5.74. The van der Waals surface area contributed by atoms with Gasteiger partial charge in [0.25, 0.3) is 0 Å². The largest absolute Gasteiger partial charge is 0.497 e. The lowest BCUT2D eigenvalue weighted by atomic mass is 10.2. The number of nitriles is 1. The van der Waals surface area contributed by atoms with Gasteiger partial charge in [-0.2, -0.15) is 5.26 Å². The van der Waals surface area contributed by atoms with E-state index in [-0.39, 0.29) is 6.61 Å². The second-order valence-corrected chi connectivity index (χ2v) is 3.84. The summed E-state index contributed by atoms with van der Waals surface area (Å²) in [5, 5.41) is 8.92. The second kappa shape index (κ2) is 6.36. The molecule has 0 unspecified atom stereocenters. The van der Waals surface area contributed by atoms with E-state index in [2.05, 4.69) is 15.4 Å². The normalized spacial score (nSPS) is 9.65. The van der Waals surface area contributed by atoms with Gasteiger partial charge in [-0.15, -0.1) is 0 Å². The molecule has 7 heteroatoms. The molecule has 0 atom stereocenters. The fourth-order valence-electron chi connectivity index (χ4n) is 1.50. The van der Waals surface area contributed by atoms with E-state index in [1.165, 1.54) is 13.3 Å². The number of hydrazine groups is 1. The first-order valence-electron chi connectivity index (χ1n) is 5.74. The Morgan fingerprint density at radius 1 is 1.25 bits per heavy atom. The van der Waals surface area contributed by atoms with E-state index in [0.717, 1.165) is 0 Å². The molecule has 0 aliphatic rings. The van der Waals surface area contributed by atoms with Crippen molar-refractivity contribution >= 4 is 5.82 Å². The molecule has 2 aromatic rings. The van der Waals surface area contributed by atoms with E-state index in [4.69, 9.17) is 20.6 Å². The molecular weight excluding hydrogens is 258 g/mol. The quantitative estimate of drug-likeness (QED) is 0.622. The number of nitrogens with two attached hydrogens (primary N) is 1. The van der Waals surface area contributed by atoms with Crippen LogP contribution in [0.2, 0.25) is 0 Å². The lowest BCUT2D eigenvalue weighted by Gasteiger charge is -2.08. The van der Waals surface area contributed by atoms with Crippen LogP contribution in [0.4, 0.5) is 5.82 Å². The van der Waals surface area contributed by atoms with Crippen molar-refractivity contribution in [2.24, 2.45) is 5.84 Å². The van der Waals surface area contributed by atoms with Crippen LogP contribution in [-0.2, 0) is 6.61 Å². The zero-order valence-corrected chi connectivity index (χ0v) is 10.8. The second-order valence-electron chi connectivity index (χ2n) is 3.84. The Morgan fingerprint density at radius 3 is 2.65 bits per heavy atom.